The van der Waals surface area contributed by atoms with Crippen LogP contribution in [-0.2, 0) is 0 Å². The third-order valence-corrected chi connectivity index (χ3v) is 4.00. The summed E-state index contributed by atoms with van der Waals surface area (Å²) in [5.41, 5.74) is 2.02. The topological polar surface area (TPSA) is 72.2 Å². The Morgan fingerprint density at radius 3 is 2.48 bits per heavy atom. The minimum Gasteiger partial charge on any atom is -0.477 e. The first-order chi connectivity index (χ1) is 11.9. The van der Waals surface area contributed by atoms with Crippen LogP contribution >= 0.6 is 0 Å². The molecule has 25 heavy (non-hydrogen) atoms. The molecule has 0 aliphatic rings. The number of rotatable bonds is 3. The van der Waals surface area contributed by atoms with Crippen molar-refractivity contribution in [3.63, 3.8) is 0 Å². The van der Waals surface area contributed by atoms with Gasteiger partial charge in [-0.25, -0.2) is 9.18 Å². The molecule has 0 unspecified atom stereocenters. The largest absolute Gasteiger partial charge is 0.477 e. The first-order valence-corrected chi connectivity index (χ1v) is 7.58. The van der Waals surface area contributed by atoms with E-state index in [9.17, 15) is 19.1 Å². The Hall–Kier alpha value is -3.28. The van der Waals surface area contributed by atoms with Gasteiger partial charge in [0.25, 0.3) is 5.56 Å². The Kier molecular flexibility index (Phi) is 4.19. The fraction of sp³-hybridized carbons (Fsp3) is 0.105. The first-order valence-electron chi connectivity index (χ1n) is 7.58. The van der Waals surface area contributed by atoms with Crippen LogP contribution in [0.2, 0.25) is 0 Å². The highest BCUT2D eigenvalue weighted by Crippen LogP contribution is 2.21. The SMILES string of the molecule is Cc1ccc(-c2cc(C(=O)O)c(=O)n(-c3cccc(F)c3)n2)cc1C. The number of benzene rings is 2. The Morgan fingerprint density at radius 2 is 1.84 bits per heavy atom. The average molecular weight is 338 g/mol. The number of aryl methyl sites for hydroxylation is 2. The van der Waals surface area contributed by atoms with E-state index in [1.165, 1.54) is 24.3 Å². The predicted molar refractivity (Wildman–Crippen MR) is 91.7 cm³/mol. The minimum atomic E-state index is -1.36. The lowest BCUT2D eigenvalue weighted by molar-refractivity contribution is 0.0694. The molecule has 6 heteroatoms. The molecule has 0 amide bonds. The van der Waals surface area contributed by atoms with Gasteiger partial charge in [0.2, 0.25) is 0 Å². The summed E-state index contributed by atoms with van der Waals surface area (Å²) < 4.78 is 14.4. The van der Waals surface area contributed by atoms with Crippen LogP contribution < -0.4 is 5.56 Å². The third-order valence-electron chi connectivity index (χ3n) is 4.00. The highest BCUT2D eigenvalue weighted by molar-refractivity contribution is 5.88. The van der Waals surface area contributed by atoms with Crippen LogP contribution in [0.1, 0.15) is 21.5 Å². The average Bonchev–Trinajstić information content (AvgIpc) is 2.57. The molecule has 0 aliphatic heterocycles. The lowest BCUT2D eigenvalue weighted by Gasteiger charge is -2.10. The molecule has 0 saturated carbocycles. The van der Waals surface area contributed by atoms with Crippen LogP contribution in [-0.4, -0.2) is 20.9 Å². The van der Waals surface area contributed by atoms with Crippen LogP contribution in [0, 0.1) is 19.7 Å². The summed E-state index contributed by atoms with van der Waals surface area (Å²) in [6.45, 7) is 3.89. The lowest BCUT2D eigenvalue weighted by Crippen LogP contribution is -2.27. The van der Waals surface area contributed by atoms with E-state index in [2.05, 4.69) is 5.10 Å². The van der Waals surface area contributed by atoms with Gasteiger partial charge in [-0.05, 0) is 55.3 Å². The summed E-state index contributed by atoms with van der Waals surface area (Å²) in [6.07, 6.45) is 0. The molecule has 1 N–H and O–H groups in total. The van der Waals surface area contributed by atoms with E-state index in [4.69, 9.17) is 0 Å². The van der Waals surface area contributed by atoms with Gasteiger partial charge in [0.15, 0.2) is 0 Å². The number of nitrogens with zero attached hydrogens (tertiary/aromatic N) is 2. The molecule has 2 aromatic carbocycles. The zero-order valence-electron chi connectivity index (χ0n) is 13.7. The van der Waals surface area contributed by atoms with E-state index in [1.807, 2.05) is 26.0 Å². The maximum absolute atomic E-state index is 13.5. The van der Waals surface area contributed by atoms with Crippen molar-refractivity contribution in [1.82, 2.24) is 9.78 Å². The summed E-state index contributed by atoms with van der Waals surface area (Å²) in [6, 6.07) is 12.1. The standard InChI is InChI=1S/C19H15FN2O3/c1-11-6-7-13(8-12(11)2)17-10-16(19(24)25)18(23)22(21-17)15-5-3-4-14(20)9-15/h3-10H,1-2H3,(H,24,25). The van der Waals surface area contributed by atoms with E-state index in [1.54, 1.807) is 6.07 Å². The second-order valence-corrected chi connectivity index (χ2v) is 5.74. The van der Waals surface area contributed by atoms with Crippen molar-refractivity contribution < 1.29 is 14.3 Å². The molecular formula is C19H15FN2O3. The maximum atomic E-state index is 13.5. The third kappa shape index (κ3) is 3.19. The quantitative estimate of drug-likeness (QED) is 0.795. The fourth-order valence-corrected chi connectivity index (χ4v) is 2.47. The van der Waals surface area contributed by atoms with Gasteiger partial charge in [0.1, 0.15) is 11.4 Å². The van der Waals surface area contributed by atoms with Crippen molar-refractivity contribution in [3.8, 4) is 16.9 Å². The number of aromatic carboxylic acids is 1. The predicted octanol–water partition coefficient (Wildman–Crippen LogP) is 3.35. The monoisotopic (exact) mass is 338 g/mol. The van der Waals surface area contributed by atoms with Crippen molar-refractivity contribution in [2.45, 2.75) is 13.8 Å². The van der Waals surface area contributed by atoms with Gasteiger partial charge in [-0.2, -0.15) is 9.78 Å². The number of carboxylic acids is 1. The molecular weight excluding hydrogens is 323 g/mol. The number of aromatic nitrogens is 2. The van der Waals surface area contributed by atoms with Crippen LogP contribution in [0.5, 0.6) is 0 Å². The second-order valence-electron chi connectivity index (χ2n) is 5.74. The Morgan fingerprint density at radius 1 is 1.08 bits per heavy atom. The van der Waals surface area contributed by atoms with Gasteiger partial charge >= 0.3 is 5.97 Å². The minimum absolute atomic E-state index is 0.165. The van der Waals surface area contributed by atoms with E-state index in [-0.39, 0.29) is 5.69 Å². The normalized spacial score (nSPS) is 10.7. The Bertz CT molecular complexity index is 1040. The van der Waals surface area contributed by atoms with Crippen molar-refractivity contribution in [2.75, 3.05) is 0 Å². The van der Waals surface area contributed by atoms with E-state index < -0.39 is 22.9 Å². The summed E-state index contributed by atoms with van der Waals surface area (Å²) in [4.78, 5) is 23.9. The zero-order valence-corrected chi connectivity index (χ0v) is 13.7. The van der Waals surface area contributed by atoms with Crippen LogP contribution in [0.25, 0.3) is 16.9 Å². The van der Waals surface area contributed by atoms with Crippen LogP contribution in [0.15, 0.2) is 53.3 Å². The Labute approximate surface area is 143 Å². The zero-order chi connectivity index (χ0) is 18.1. The maximum Gasteiger partial charge on any atom is 0.341 e. The molecule has 0 aliphatic carbocycles. The molecule has 0 atom stereocenters. The molecule has 5 nitrogen and oxygen atoms in total. The van der Waals surface area contributed by atoms with Crippen molar-refractivity contribution in [3.05, 3.63) is 81.4 Å². The number of carbonyl (C=O) groups is 1. The van der Waals surface area contributed by atoms with Gasteiger partial charge < -0.3 is 5.11 Å². The number of hydrogen-bond donors (Lipinski definition) is 1. The molecule has 3 rings (SSSR count). The van der Waals surface area contributed by atoms with E-state index >= 15 is 0 Å². The fourth-order valence-electron chi connectivity index (χ4n) is 2.47. The highest BCUT2D eigenvalue weighted by Gasteiger charge is 2.17. The molecule has 0 fully saturated rings. The molecule has 0 bridgehead atoms. The molecule has 1 aromatic heterocycles. The second kappa shape index (κ2) is 6.32. The van der Waals surface area contributed by atoms with E-state index in [0.29, 0.717) is 11.3 Å². The van der Waals surface area contributed by atoms with E-state index in [0.717, 1.165) is 21.9 Å². The van der Waals surface area contributed by atoms with Gasteiger partial charge in [-0.1, -0.05) is 18.2 Å². The molecule has 0 saturated heterocycles. The number of carboxylic acid groups (broad SMARTS) is 1. The summed E-state index contributed by atoms with van der Waals surface area (Å²) in [5, 5.41) is 13.6. The van der Waals surface area contributed by atoms with Gasteiger partial charge in [0.05, 0.1) is 11.4 Å². The van der Waals surface area contributed by atoms with Gasteiger partial charge in [-0.3, -0.25) is 4.79 Å². The molecule has 126 valence electrons. The van der Waals surface area contributed by atoms with Gasteiger partial charge in [-0.15, -0.1) is 0 Å². The van der Waals surface area contributed by atoms with Crippen LogP contribution in [0.4, 0.5) is 4.39 Å². The van der Waals surface area contributed by atoms with Gasteiger partial charge in [0, 0.05) is 5.56 Å². The first kappa shape index (κ1) is 16.6. The molecule has 0 radical (unpaired) electrons. The lowest BCUT2D eigenvalue weighted by atomic mass is 10.0. The van der Waals surface area contributed by atoms with Crippen molar-refractivity contribution >= 4 is 5.97 Å². The van der Waals surface area contributed by atoms with Crippen molar-refractivity contribution in [1.29, 1.82) is 0 Å². The molecule has 3 aromatic rings. The molecule has 0 spiro atoms. The summed E-state index contributed by atoms with van der Waals surface area (Å²) in [5.74, 6) is -1.90. The van der Waals surface area contributed by atoms with Crippen LogP contribution in [0.3, 0.4) is 0 Å². The van der Waals surface area contributed by atoms with Crippen molar-refractivity contribution in [2.24, 2.45) is 0 Å². The molecule has 1 heterocycles. The smallest absolute Gasteiger partial charge is 0.341 e. The number of halogens is 1. The number of hydrogen-bond acceptors (Lipinski definition) is 3. The summed E-state index contributed by atoms with van der Waals surface area (Å²) >= 11 is 0. The highest BCUT2D eigenvalue weighted by atomic mass is 19.1. The summed E-state index contributed by atoms with van der Waals surface area (Å²) in [7, 11) is 0. The Balaban J connectivity index is 2.29.